The number of nitrogens with zero attached hydrogens (tertiary/aromatic N) is 5. The zero-order valence-electron chi connectivity index (χ0n) is 16.9. The van der Waals surface area contributed by atoms with Gasteiger partial charge in [-0.25, -0.2) is 9.97 Å². The lowest BCUT2D eigenvalue weighted by atomic mass is 10.1. The number of ether oxygens (including phenoxy) is 2. The van der Waals surface area contributed by atoms with E-state index in [-0.39, 0.29) is 0 Å². The molecule has 5 rings (SSSR count). The number of anilines is 2. The highest BCUT2D eigenvalue weighted by Gasteiger charge is 2.20. The molecule has 3 aliphatic rings. The summed E-state index contributed by atoms with van der Waals surface area (Å²) in [6.07, 6.45) is 3.85. The maximum atomic E-state index is 5.61. The van der Waals surface area contributed by atoms with Gasteiger partial charge >= 0.3 is 0 Å². The molecule has 0 N–H and O–H groups in total. The predicted octanol–water partition coefficient (Wildman–Crippen LogP) is 1.61. The van der Waals surface area contributed by atoms with Crippen molar-refractivity contribution >= 4 is 11.6 Å². The standard InChI is InChI=1S/C22H29N5O2/c1-2-20-19(4-12-29-20)15-18(1)3-5-25-6-8-26(9-7-25)21-16-22(24-17-23-21)27-10-13-28-14-11-27/h1-2,15-17H,3-14H2. The molecule has 1 aromatic heterocycles. The lowest BCUT2D eigenvalue weighted by Crippen LogP contribution is -2.47. The van der Waals surface area contributed by atoms with E-state index in [0.717, 1.165) is 95.9 Å². The average Bonchev–Trinajstić information content (AvgIpc) is 3.27. The number of rotatable bonds is 5. The lowest BCUT2D eigenvalue weighted by molar-refractivity contribution is 0.122. The highest BCUT2D eigenvalue weighted by atomic mass is 16.5. The first-order chi connectivity index (χ1) is 14.3. The molecule has 7 nitrogen and oxygen atoms in total. The maximum absolute atomic E-state index is 5.61. The van der Waals surface area contributed by atoms with Gasteiger partial charge in [0.05, 0.1) is 19.8 Å². The van der Waals surface area contributed by atoms with E-state index in [1.165, 1.54) is 11.1 Å². The molecule has 0 spiro atoms. The van der Waals surface area contributed by atoms with Gasteiger partial charge in [0.15, 0.2) is 0 Å². The van der Waals surface area contributed by atoms with Crippen LogP contribution in [0.4, 0.5) is 11.6 Å². The smallest absolute Gasteiger partial charge is 0.134 e. The Labute approximate surface area is 172 Å². The zero-order chi connectivity index (χ0) is 19.5. The van der Waals surface area contributed by atoms with Crippen molar-refractivity contribution in [2.75, 3.05) is 75.4 Å². The highest BCUT2D eigenvalue weighted by molar-refractivity contribution is 5.50. The van der Waals surface area contributed by atoms with E-state index in [1.807, 2.05) is 0 Å². The minimum atomic E-state index is 0.773. The normalized spacial score (nSPS) is 19.9. The summed E-state index contributed by atoms with van der Waals surface area (Å²) in [5, 5.41) is 0. The third kappa shape index (κ3) is 4.31. The average molecular weight is 396 g/mol. The van der Waals surface area contributed by atoms with Crippen LogP contribution in [0, 0.1) is 0 Å². The minimum Gasteiger partial charge on any atom is -0.493 e. The monoisotopic (exact) mass is 395 g/mol. The summed E-state index contributed by atoms with van der Waals surface area (Å²) in [7, 11) is 0. The molecular weight excluding hydrogens is 366 g/mol. The van der Waals surface area contributed by atoms with Gasteiger partial charge in [-0.1, -0.05) is 12.1 Å². The molecule has 29 heavy (non-hydrogen) atoms. The van der Waals surface area contributed by atoms with Crippen LogP contribution in [0.3, 0.4) is 0 Å². The predicted molar refractivity (Wildman–Crippen MR) is 113 cm³/mol. The summed E-state index contributed by atoms with van der Waals surface area (Å²) in [5.41, 5.74) is 2.79. The first-order valence-electron chi connectivity index (χ1n) is 10.7. The summed E-state index contributed by atoms with van der Waals surface area (Å²) in [4.78, 5) is 16.2. The van der Waals surface area contributed by atoms with Crippen LogP contribution in [0.25, 0.3) is 0 Å². The van der Waals surface area contributed by atoms with Gasteiger partial charge in [0.1, 0.15) is 23.7 Å². The SMILES string of the molecule is c1nc(N2CCOCC2)cc(N2CCN(CCc3ccc4c(c3)CCO4)CC2)n1. The molecule has 0 radical (unpaired) electrons. The fraction of sp³-hybridized carbons (Fsp3) is 0.545. The van der Waals surface area contributed by atoms with Crippen LogP contribution in [0.1, 0.15) is 11.1 Å². The van der Waals surface area contributed by atoms with Crippen LogP contribution in [-0.4, -0.2) is 80.5 Å². The number of piperazine rings is 1. The van der Waals surface area contributed by atoms with Crippen molar-refractivity contribution < 1.29 is 9.47 Å². The highest BCUT2D eigenvalue weighted by Crippen LogP contribution is 2.26. The van der Waals surface area contributed by atoms with E-state index in [1.54, 1.807) is 6.33 Å². The van der Waals surface area contributed by atoms with E-state index in [4.69, 9.17) is 9.47 Å². The number of hydrogen-bond acceptors (Lipinski definition) is 7. The molecule has 2 fully saturated rings. The number of hydrogen-bond donors (Lipinski definition) is 0. The molecular formula is C22H29N5O2. The van der Waals surface area contributed by atoms with E-state index >= 15 is 0 Å². The molecule has 2 aromatic rings. The van der Waals surface area contributed by atoms with Crippen molar-refractivity contribution in [2.45, 2.75) is 12.8 Å². The van der Waals surface area contributed by atoms with Gasteiger partial charge in [-0.2, -0.15) is 0 Å². The molecule has 0 aliphatic carbocycles. The van der Waals surface area contributed by atoms with Crippen LogP contribution in [-0.2, 0) is 17.6 Å². The fourth-order valence-electron chi connectivity index (χ4n) is 4.36. The molecule has 2 saturated heterocycles. The van der Waals surface area contributed by atoms with Crippen LogP contribution < -0.4 is 14.5 Å². The Morgan fingerprint density at radius 3 is 2.38 bits per heavy atom. The first-order valence-corrected chi connectivity index (χ1v) is 10.7. The largest absolute Gasteiger partial charge is 0.493 e. The molecule has 0 unspecified atom stereocenters. The summed E-state index contributed by atoms with van der Waals surface area (Å²) in [6, 6.07) is 8.81. The van der Waals surface area contributed by atoms with Crippen molar-refractivity contribution in [3.05, 3.63) is 41.7 Å². The van der Waals surface area contributed by atoms with Crippen molar-refractivity contribution in [3.63, 3.8) is 0 Å². The van der Waals surface area contributed by atoms with Gasteiger partial charge in [-0.15, -0.1) is 0 Å². The van der Waals surface area contributed by atoms with E-state index in [0.29, 0.717) is 0 Å². The Morgan fingerprint density at radius 1 is 0.828 bits per heavy atom. The second-order valence-corrected chi connectivity index (χ2v) is 7.95. The number of fused-ring (bicyclic) bond motifs is 1. The van der Waals surface area contributed by atoms with Crippen LogP contribution >= 0.6 is 0 Å². The van der Waals surface area contributed by atoms with Crippen molar-refractivity contribution in [1.29, 1.82) is 0 Å². The fourth-order valence-corrected chi connectivity index (χ4v) is 4.36. The number of morpholine rings is 1. The Kier molecular flexibility index (Phi) is 5.49. The lowest BCUT2D eigenvalue weighted by Gasteiger charge is -2.36. The second-order valence-electron chi connectivity index (χ2n) is 7.95. The Bertz CT molecular complexity index is 832. The Hall–Kier alpha value is -2.38. The molecule has 4 heterocycles. The molecule has 0 saturated carbocycles. The topological polar surface area (TPSA) is 54.0 Å². The van der Waals surface area contributed by atoms with Crippen molar-refractivity contribution in [2.24, 2.45) is 0 Å². The van der Waals surface area contributed by atoms with Gasteiger partial charge in [0.25, 0.3) is 0 Å². The van der Waals surface area contributed by atoms with Gasteiger partial charge in [0.2, 0.25) is 0 Å². The summed E-state index contributed by atoms with van der Waals surface area (Å²) < 4.78 is 11.1. The van der Waals surface area contributed by atoms with Gasteiger partial charge in [-0.3, -0.25) is 4.90 Å². The van der Waals surface area contributed by atoms with Gasteiger partial charge in [0, 0.05) is 58.3 Å². The molecule has 0 atom stereocenters. The zero-order valence-corrected chi connectivity index (χ0v) is 16.9. The van der Waals surface area contributed by atoms with E-state index < -0.39 is 0 Å². The van der Waals surface area contributed by atoms with Crippen LogP contribution in [0.15, 0.2) is 30.6 Å². The molecule has 0 bridgehead atoms. The third-order valence-electron chi connectivity index (χ3n) is 6.14. The minimum absolute atomic E-state index is 0.773. The van der Waals surface area contributed by atoms with Crippen molar-refractivity contribution in [1.82, 2.24) is 14.9 Å². The van der Waals surface area contributed by atoms with Crippen LogP contribution in [0.5, 0.6) is 5.75 Å². The molecule has 1 aromatic carbocycles. The molecule has 3 aliphatic heterocycles. The number of benzene rings is 1. The van der Waals surface area contributed by atoms with Gasteiger partial charge < -0.3 is 19.3 Å². The molecule has 0 amide bonds. The first kappa shape index (κ1) is 18.6. The number of aromatic nitrogens is 2. The Balaban J connectivity index is 1.14. The summed E-state index contributed by atoms with van der Waals surface area (Å²) in [6.45, 7) is 9.46. The van der Waals surface area contributed by atoms with Crippen LogP contribution in [0.2, 0.25) is 0 Å². The van der Waals surface area contributed by atoms with Crippen molar-refractivity contribution in [3.8, 4) is 5.75 Å². The molecule has 7 heteroatoms. The van der Waals surface area contributed by atoms with Gasteiger partial charge in [-0.05, 0) is 23.6 Å². The maximum Gasteiger partial charge on any atom is 0.134 e. The van der Waals surface area contributed by atoms with E-state index in [2.05, 4.69) is 48.9 Å². The summed E-state index contributed by atoms with van der Waals surface area (Å²) >= 11 is 0. The second kappa shape index (κ2) is 8.55. The quantitative estimate of drug-likeness (QED) is 0.762. The Morgan fingerprint density at radius 2 is 1.59 bits per heavy atom. The molecule has 154 valence electrons. The summed E-state index contributed by atoms with van der Waals surface area (Å²) in [5.74, 6) is 3.13. The van der Waals surface area contributed by atoms with E-state index in [9.17, 15) is 0 Å². The third-order valence-corrected chi connectivity index (χ3v) is 6.14.